The number of carbonyl (C=O) groups excluding carboxylic acids is 1. The average Bonchev–Trinajstić information content (AvgIpc) is 3.20. The van der Waals surface area contributed by atoms with Crippen molar-refractivity contribution in [2.45, 2.75) is 22.9 Å². The van der Waals surface area contributed by atoms with Crippen LogP contribution < -0.4 is 14.8 Å². The maximum atomic E-state index is 13.0. The van der Waals surface area contributed by atoms with Crippen LogP contribution in [0.25, 0.3) is 0 Å². The third-order valence-electron chi connectivity index (χ3n) is 4.33. The summed E-state index contributed by atoms with van der Waals surface area (Å²) in [6.45, 7) is 0.532. The van der Waals surface area contributed by atoms with E-state index in [4.69, 9.17) is 9.47 Å². The Labute approximate surface area is 183 Å². The van der Waals surface area contributed by atoms with Crippen molar-refractivity contribution in [1.29, 1.82) is 0 Å². The Morgan fingerprint density at radius 2 is 1.83 bits per heavy atom. The SMILES string of the molecule is COc1ccc(CCNC(=O)Cc2csc(SCc3ccc(F)cc3)n2)cc1OC. The van der Waals surface area contributed by atoms with Crippen molar-refractivity contribution in [3.8, 4) is 11.5 Å². The van der Waals surface area contributed by atoms with Crippen molar-refractivity contribution in [1.82, 2.24) is 10.3 Å². The normalized spacial score (nSPS) is 10.6. The van der Waals surface area contributed by atoms with E-state index < -0.39 is 0 Å². The maximum Gasteiger partial charge on any atom is 0.226 e. The maximum absolute atomic E-state index is 13.0. The highest BCUT2D eigenvalue weighted by atomic mass is 32.2. The lowest BCUT2D eigenvalue weighted by Crippen LogP contribution is -2.27. The van der Waals surface area contributed by atoms with Gasteiger partial charge in [0.05, 0.1) is 26.3 Å². The molecule has 0 atom stereocenters. The van der Waals surface area contributed by atoms with Crippen molar-refractivity contribution >= 4 is 29.0 Å². The molecule has 0 spiro atoms. The molecule has 3 aromatic rings. The first-order valence-corrected chi connectivity index (χ1v) is 11.2. The molecule has 158 valence electrons. The van der Waals surface area contributed by atoms with Gasteiger partial charge in [-0.05, 0) is 41.8 Å². The molecule has 0 saturated carbocycles. The Balaban J connectivity index is 1.42. The minimum Gasteiger partial charge on any atom is -0.493 e. The number of carbonyl (C=O) groups is 1. The van der Waals surface area contributed by atoms with Gasteiger partial charge in [-0.3, -0.25) is 4.79 Å². The van der Waals surface area contributed by atoms with Crippen LogP contribution in [0.2, 0.25) is 0 Å². The molecule has 0 aliphatic rings. The Kier molecular flexibility index (Phi) is 8.10. The molecule has 5 nitrogen and oxygen atoms in total. The average molecular weight is 447 g/mol. The number of hydrogen-bond acceptors (Lipinski definition) is 6. The summed E-state index contributed by atoms with van der Waals surface area (Å²) < 4.78 is 24.4. The Morgan fingerprint density at radius 1 is 1.10 bits per heavy atom. The largest absolute Gasteiger partial charge is 0.493 e. The van der Waals surface area contributed by atoms with Gasteiger partial charge in [-0.1, -0.05) is 30.0 Å². The lowest BCUT2D eigenvalue weighted by Gasteiger charge is -2.10. The Morgan fingerprint density at radius 3 is 2.57 bits per heavy atom. The van der Waals surface area contributed by atoms with E-state index in [0.717, 1.165) is 21.2 Å². The fourth-order valence-corrected chi connectivity index (χ4v) is 4.57. The van der Waals surface area contributed by atoms with E-state index in [1.165, 1.54) is 23.5 Å². The highest BCUT2D eigenvalue weighted by Crippen LogP contribution is 2.28. The van der Waals surface area contributed by atoms with Crippen LogP contribution in [-0.4, -0.2) is 31.7 Å². The number of halogens is 1. The fourth-order valence-electron chi connectivity index (χ4n) is 2.77. The van der Waals surface area contributed by atoms with E-state index >= 15 is 0 Å². The van der Waals surface area contributed by atoms with E-state index in [0.29, 0.717) is 30.2 Å². The summed E-state index contributed by atoms with van der Waals surface area (Å²) in [4.78, 5) is 16.7. The molecule has 0 saturated heterocycles. The summed E-state index contributed by atoms with van der Waals surface area (Å²) in [6.07, 6.45) is 0.946. The molecule has 0 unspecified atom stereocenters. The number of hydrogen-bond donors (Lipinski definition) is 1. The van der Waals surface area contributed by atoms with Gasteiger partial charge in [0.15, 0.2) is 11.5 Å². The number of nitrogens with zero attached hydrogens (tertiary/aromatic N) is 1. The van der Waals surface area contributed by atoms with Crippen LogP contribution in [0.3, 0.4) is 0 Å². The molecule has 3 rings (SSSR count). The second-order valence-electron chi connectivity index (χ2n) is 6.49. The van der Waals surface area contributed by atoms with E-state index in [-0.39, 0.29) is 18.1 Å². The first-order valence-electron chi connectivity index (χ1n) is 9.36. The molecule has 1 N–H and O–H groups in total. The molecule has 30 heavy (non-hydrogen) atoms. The smallest absolute Gasteiger partial charge is 0.226 e. The van der Waals surface area contributed by atoms with Crippen LogP contribution in [0.4, 0.5) is 4.39 Å². The number of rotatable bonds is 10. The van der Waals surface area contributed by atoms with Gasteiger partial charge in [0, 0.05) is 17.7 Å². The molecule has 1 aromatic heterocycles. The number of thioether (sulfide) groups is 1. The van der Waals surface area contributed by atoms with Gasteiger partial charge in [-0.15, -0.1) is 11.3 Å². The number of ether oxygens (including phenoxy) is 2. The summed E-state index contributed by atoms with van der Waals surface area (Å²) in [6, 6.07) is 12.2. The third kappa shape index (κ3) is 6.47. The molecule has 1 amide bonds. The number of benzene rings is 2. The standard InChI is InChI=1S/C22H23FN2O3S2/c1-27-19-8-5-15(11-20(19)28-2)9-10-24-21(26)12-18-14-30-22(25-18)29-13-16-3-6-17(23)7-4-16/h3-8,11,14H,9-10,12-13H2,1-2H3,(H,24,26). The minimum atomic E-state index is -0.238. The molecular weight excluding hydrogens is 423 g/mol. The molecule has 0 aliphatic heterocycles. The lowest BCUT2D eigenvalue weighted by molar-refractivity contribution is -0.120. The first-order chi connectivity index (χ1) is 14.6. The van der Waals surface area contributed by atoms with Gasteiger partial charge < -0.3 is 14.8 Å². The van der Waals surface area contributed by atoms with Gasteiger partial charge in [0.1, 0.15) is 10.2 Å². The van der Waals surface area contributed by atoms with Crippen LogP contribution in [-0.2, 0) is 23.4 Å². The summed E-state index contributed by atoms with van der Waals surface area (Å²) in [5.74, 6) is 1.77. The van der Waals surface area contributed by atoms with E-state index in [1.807, 2.05) is 23.6 Å². The van der Waals surface area contributed by atoms with Crippen LogP contribution in [0.1, 0.15) is 16.8 Å². The zero-order valence-electron chi connectivity index (χ0n) is 16.8. The zero-order chi connectivity index (χ0) is 21.3. The van der Waals surface area contributed by atoms with E-state index in [2.05, 4.69) is 10.3 Å². The number of thiazole rings is 1. The van der Waals surface area contributed by atoms with Crippen molar-refractivity contribution in [2.24, 2.45) is 0 Å². The van der Waals surface area contributed by atoms with Crippen molar-refractivity contribution in [3.63, 3.8) is 0 Å². The van der Waals surface area contributed by atoms with E-state index in [9.17, 15) is 9.18 Å². The second kappa shape index (κ2) is 11.0. The van der Waals surface area contributed by atoms with Crippen LogP contribution in [0.15, 0.2) is 52.2 Å². The molecule has 0 bridgehead atoms. The van der Waals surface area contributed by atoms with Gasteiger partial charge >= 0.3 is 0 Å². The highest BCUT2D eigenvalue weighted by molar-refractivity contribution is 8.00. The minimum absolute atomic E-state index is 0.0594. The molecule has 1 heterocycles. The number of nitrogens with one attached hydrogen (secondary N) is 1. The van der Waals surface area contributed by atoms with Crippen LogP contribution in [0.5, 0.6) is 11.5 Å². The Bertz CT molecular complexity index is 977. The quantitative estimate of drug-likeness (QED) is 0.465. The van der Waals surface area contributed by atoms with Gasteiger partial charge in [0.25, 0.3) is 0 Å². The van der Waals surface area contributed by atoms with Gasteiger partial charge in [-0.25, -0.2) is 9.37 Å². The molecule has 0 radical (unpaired) electrons. The van der Waals surface area contributed by atoms with Crippen molar-refractivity contribution in [2.75, 3.05) is 20.8 Å². The molecule has 2 aromatic carbocycles. The monoisotopic (exact) mass is 446 g/mol. The summed E-state index contributed by atoms with van der Waals surface area (Å²) >= 11 is 3.09. The topological polar surface area (TPSA) is 60.5 Å². The zero-order valence-corrected chi connectivity index (χ0v) is 18.4. The summed E-state index contributed by atoms with van der Waals surface area (Å²) in [7, 11) is 3.20. The highest BCUT2D eigenvalue weighted by Gasteiger charge is 2.09. The molecular formula is C22H23FN2O3S2. The van der Waals surface area contributed by atoms with Crippen LogP contribution >= 0.6 is 23.1 Å². The summed E-state index contributed by atoms with van der Waals surface area (Å²) in [5, 5.41) is 4.83. The first kappa shape index (κ1) is 22.1. The van der Waals surface area contributed by atoms with Gasteiger partial charge in [-0.2, -0.15) is 0 Å². The van der Waals surface area contributed by atoms with Gasteiger partial charge in [0.2, 0.25) is 5.91 Å². The second-order valence-corrected chi connectivity index (χ2v) is 8.57. The van der Waals surface area contributed by atoms with E-state index in [1.54, 1.807) is 38.1 Å². The molecule has 0 aliphatic carbocycles. The summed E-state index contributed by atoms with van der Waals surface area (Å²) in [5.41, 5.74) is 2.84. The predicted molar refractivity (Wildman–Crippen MR) is 118 cm³/mol. The number of amides is 1. The third-order valence-corrected chi connectivity index (χ3v) is 6.47. The van der Waals surface area contributed by atoms with Crippen molar-refractivity contribution < 1.29 is 18.7 Å². The van der Waals surface area contributed by atoms with Crippen LogP contribution in [0, 0.1) is 5.82 Å². The number of methoxy groups -OCH3 is 2. The fraction of sp³-hybridized carbons (Fsp3) is 0.273. The number of aromatic nitrogens is 1. The molecule has 8 heteroatoms. The predicted octanol–water partition coefficient (Wildman–Crippen LogP) is 4.49. The van der Waals surface area contributed by atoms with Crippen molar-refractivity contribution in [3.05, 3.63) is 70.5 Å². The Hall–Kier alpha value is -2.58. The molecule has 0 fully saturated rings. The lowest BCUT2D eigenvalue weighted by atomic mass is 10.1.